The normalized spacial score (nSPS) is 12.6. The van der Waals surface area contributed by atoms with E-state index in [0.29, 0.717) is 6.04 Å². The van der Waals surface area contributed by atoms with Crippen molar-refractivity contribution >= 4 is 28.2 Å². The lowest BCUT2D eigenvalue weighted by atomic mass is 10.2. The van der Waals surface area contributed by atoms with Crippen LogP contribution < -0.4 is 10.2 Å². The van der Waals surface area contributed by atoms with Crippen molar-refractivity contribution in [3.63, 3.8) is 0 Å². The van der Waals surface area contributed by atoms with E-state index in [4.69, 9.17) is 0 Å². The Balaban J connectivity index is 2.33. The maximum atomic E-state index is 4.51. The third kappa shape index (κ3) is 6.15. The van der Waals surface area contributed by atoms with Gasteiger partial charge in [0.05, 0.1) is 0 Å². The minimum atomic E-state index is 0.582. The lowest BCUT2D eigenvalue weighted by Gasteiger charge is -2.16. The van der Waals surface area contributed by atoms with Gasteiger partial charge < -0.3 is 10.2 Å². The molecule has 0 saturated carbocycles. The van der Waals surface area contributed by atoms with Crippen LogP contribution in [0.25, 0.3) is 0 Å². The summed E-state index contributed by atoms with van der Waals surface area (Å²) in [6.45, 7) is 11.8. The van der Waals surface area contributed by atoms with E-state index in [1.807, 2.05) is 29.3 Å². The van der Waals surface area contributed by atoms with E-state index in [1.54, 1.807) is 0 Å². The number of anilines is 1. The van der Waals surface area contributed by atoms with Crippen molar-refractivity contribution in [3.8, 4) is 0 Å². The fraction of sp³-hybridized carbons (Fsp3) is 0.786. The van der Waals surface area contributed by atoms with Crippen molar-refractivity contribution in [2.24, 2.45) is 0 Å². The fourth-order valence-electron chi connectivity index (χ4n) is 1.80. The van der Waals surface area contributed by atoms with Crippen LogP contribution in [0.1, 0.15) is 39.0 Å². The molecule has 0 amide bonds. The predicted octanol–water partition coefficient (Wildman–Crippen LogP) is 3.61. The molecule has 0 bridgehead atoms. The standard InChI is InChI=1S/C14H27N3S2/c1-5-17(6-2)14-16-11-13(19-14)10-15-12(4)8-9-18-7-3/h11-12,15H,5-10H2,1-4H3. The van der Waals surface area contributed by atoms with Gasteiger partial charge in [-0.25, -0.2) is 4.98 Å². The minimum absolute atomic E-state index is 0.582. The van der Waals surface area contributed by atoms with E-state index in [-0.39, 0.29) is 0 Å². The highest BCUT2D eigenvalue weighted by molar-refractivity contribution is 7.99. The van der Waals surface area contributed by atoms with Crippen LogP contribution in [-0.4, -0.2) is 35.6 Å². The summed E-state index contributed by atoms with van der Waals surface area (Å²) in [5, 5.41) is 4.73. The van der Waals surface area contributed by atoms with Crippen LogP contribution in [0.4, 0.5) is 5.13 Å². The third-order valence-corrected chi connectivity index (χ3v) is 5.09. The van der Waals surface area contributed by atoms with Gasteiger partial charge in [-0.1, -0.05) is 6.92 Å². The van der Waals surface area contributed by atoms with Crippen LogP contribution in [0.15, 0.2) is 6.20 Å². The number of thioether (sulfide) groups is 1. The van der Waals surface area contributed by atoms with Gasteiger partial charge in [-0.3, -0.25) is 0 Å². The molecular formula is C14H27N3S2. The van der Waals surface area contributed by atoms with Gasteiger partial charge in [0.2, 0.25) is 0 Å². The zero-order valence-electron chi connectivity index (χ0n) is 12.6. The highest BCUT2D eigenvalue weighted by Gasteiger charge is 2.08. The Morgan fingerprint density at radius 1 is 1.37 bits per heavy atom. The van der Waals surface area contributed by atoms with Crippen LogP contribution in [0.2, 0.25) is 0 Å². The third-order valence-electron chi connectivity index (χ3n) is 3.10. The zero-order valence-corrected chi connectivity index (χ0v) is 14.2. The van der Waals surface area contributed by atoms with Crippen LogP contribution in [0, 0.1) is 0 Å². The number of hydrogen-bond donors (Lipinski definition) is 1. The predicted molar refractivity (Wildman–Crippen MR) is 89.6 cm³/mol. The van der Waals surface area contributed by atoms with Crippen LogP contribution in [0.3, 0.4) is 0 Å². The van der Waals surface area contributed by atoms with Crippen molar-refractivity contribution in [1.82, 2.24) is 10.3 Å². The Labute approximate surface area is 126 Å². The van der Waals surface area contributed by atoms with Crippen LogP contribution in [0.5, 0.6) is 0 Å². The van der Waals surface area contributed by atoms with Gasteiger partial charge in [-0.05, 0) is 38.7 Å². The van der Waals surface area contributed by atoms with E-state index in [9.17, 15) is 0 Å². The zero-order chi connectivity index (χ0) is 14.1. The number of nitrogens with one attached hydrogen (secondary N) is 1. The van der Waals surface area contributed by atoms with Gasteiger partial charge >= 0.3 is 0 Å². The average Bonchev–Trinajstić information content (AvgIpc) is 2.87. The van der Waals surface area contributed by atoms with Gasteiger partial charge in [-0.2, -0.15) is 11.8 Å². The first-order valence-electron chi connectivity index (χ1n) is 7.21. The Bertz CT molecular complexity index is 337. The molecule has 5 heteroatoms. The lowest BCUT2D eigenvalue weighted by molar-refractivity contribution is 0.540. The van der Waals surface area contributed by atoms with Crippen molar-refractivity contribution in [2.45, 2.75) is 46.7 Å². The van der Waals surface area contributed by atoms with Crippen molar-refractivity contribution in [2.75, 3.05) is 29.5 Å². The highest BCUT2D eigenvalue weighted by atomic mass is 32.2. The summed E-state index contributed by atoms with van der Waals surface area (Å²) in [5.41, 5.74) is 0. The van der Waals surface area contributed by atoms with E-state index in [2.05, 4.69) is 42.9 Å². The molecule has 3 nitrogen and oxygen atoms in total. The summed E-state index contributed by atoms with van der Waals surface area (Å²) in [6, 6.07) is 0.582. The molecule has 1 rings (SSSR count). The molecule has 0 aliphatic rings. The summed E-state index contributed by atoms with van der Waals surface area (Å²) < 4.78 is 0. The number of aromatic nitrogens is 1. The molecule has 1 aromatic heterocycles. The molecule has 0 radical (unpaired) electrons. The number of thiazole rings is 1. The van der Waals surface area contributed by atoms with Crippen molar-refractivity contribution in [3.05, 3.63) is 11.1 Å². The molecule has 0 fully saturated rings. The first-order chi connectivity index (χ1) is 9.21. The molecule has 1 N–H and O–H groups in total. The number of rotatable bonds is 10. The largest absolute Gasteiger partial charge is 0.349 e. The summed E-state index contributed by atoms with van der Waals surface area (Å²) >= 11 is 3.82. The van der Waals surface area contributed by atoms with Gasteiger partial charge in [0, 0.05) is 36.8 Å². The summed E-state index contributed by atoms with van der Waals surface area (Å²) in [6.07, 6.45) is 3.25. The maximum absolute atomic E-state index is 4.51. The fourth-order valence-corrected chi connectivity index (χ4v) is 3.60. The molecule has 0 aliphatic carbocycles. The molecular weight excluding hydrogens is 274 g/mol. The Morgan fingerprint density at radius 2 is 2.11 bits per heavy atom. The number of hydrogen-bond acceptors (Lipinski definition) is 5. The molecule has 1 atom stereocenters. The Morgan fingerprint density at radius 3 is 2.74 bits per heavy atom. The number of nitrogens with zero attached hydrogens (tertiary/aromatic N) is 2. The monoisotopic (exact) mass is 301 g/mol. The van der Waals surface area contributed by atoms with Crippen molar-refractivity contribution < 1.29 is 0 Å². The van der Waals surface area contributed by atoms with Gasteiger partial charge in [0.25, 0.3) is 0 Å². The lowest BCUT2D eigenvalue weighted by Crippen LogP contribution is -2.25. The first kappa shape index (κ1) is 16.8. The maximum Gasteiger partial charge on any atom is 0.185 e. The SMILES string of the molecule is CCSCCC(C)NCc1cnc(N(CC)CC)s1. The molecule has 0 spiro atoms. The molecule has 19 heavy (non-hydrogen) atoms. The average molecular weight is 302 g/mol. The van der Waals surface area contributed by atoms with E-state index < -0.39 is 0 Å². The molecule has 0 aromatic carbocycles. The second-order valence-electron chi connectivity index (χ2n) is 4.55. The molecule has 110 valence electrons. The Hall–Kier alpha value is -0.260. The van der Waals surface area contributed by atoms with E-state index in [0.717, 1.165) is 24.8 Å². The van der Waals surface area contributed by atoms with E-state index in [1.165, 1.54) is 22.8 Å². The minimum Gasteiger partial charge on any atom is -0.349 e. The smallest absolute Gasteiger partial charge is 0.185 e. The molecule has 1 aromatic rings. The second kappa shape index (κ2) is 9.61. The summed E-state index contributed by atoms with van der Waals surface area (Å²) in [4.78, 5) is 8.14. The van der Waals surface area contributed by atoms with Gasteiger partial charge in [-0.15, -0.1) is 11.3 Å². The second-order valence-corrected chi connectivity index (χ2v) is 7.04. The topological polar surface area (TPSA) is 28.2 Å². The van der Waals surface area contributed by atoms with Crippen molar-refractivity contribution in [1.29, 1.82) is 0 Å². The molecule has 0 saturated heterocycles. The highest BCUT2D eigenvalue weighted by Crippen LogP contribution is 2.22. The van der Waals surface area contributed by atoms with Gasteiger partial charge in [0.1, 0.15) is 0 Å². The molecule has 1 unspecified atom stereocenters. The summed E-state index contributed by atoms with van der Waals surface area (Å²) in [5.74, 6) is 2.47. The molecule has 0 aliphatic heterocycles. The summed E-state index contributed by atoms with van der Waals surface area (Å²) in [7, 11) is 0. The van der Waals surface area contributed by atoms with Crippen LogP contribution in [-0.2, 0) is 6.54 Å². The van der Waals surface area contributed by atoms with E-state index >= 15 is 0 Å². The first-order valence-corrected chi connectivity index (χ1v) is 9.19. The molecule has 1 heterocycles. The van der Waals surface area contributed by atoms with Crippen LogP contribution >= 0.6 is 23.1 Å². The quantitative estimate of drug-likeness (QED) is 0.668. The Kier molecular flexibility index (Phi) is 8.50. The van der Waals surface area contributed by atoms with Gasteiger partial charge in [0.15, 0.2) is 5.13 Å².